The van der Waals surface area contributed by atoms with Gasteiger partial charge in [0.2, 0.25) is 0 Å². The molecule has 0 aromatic carbocycles. The number of ether oxygens (including phenoxy) is 1. The first-order chi connectivity index (χ1) is 4.63. The van der Waals surface area contributed by atoms with Gasteiger partial charge in [-0.15, -0.1) is 0 Å². The normalized spacial score (nSPS) is 10.8. The van der Waals surface area contributed by atoms with Crippen LogP contribution in [0.1, 0.15) is 6.92 Å². The molecule has 4 nitrogen and oxygen atoms in total. The number of aliphatic hydroxyl groups is 1. The molecule has 0 aliphatic carbocycles. The van der Waals surface area contributed by atoms with Crippen molar-refractivity contribution < 1.29 is 19.4 Å². The Kier molecular flexibility index (Phi) is 3.17. The summed E-state index contributed by atoms with van der Waals surface area (Å²) in [5.74, 6) is -1.34. The highest BCUT2D eigenvalue weighted by atomic mass is 16.5. The van der Waals surface area contributed by atoms with E-state index in [1.807, 2.05) is 0 Å². The van der Waals surface area contributed by atoms with Crippen molar-refractivity contribution in [2.24, 2.45) is 0 Å². The minimum Gasteiger partial charge on any atom is -0.515 e. The number of hydrogen-bond donors (Lipinski definition) is 1. The summed E-state index contributed by atoms with van der Waals surface area (Å²) in [6.07, 6.45) is 0.439. The number of Topliss-reactive ketones (excluding diaryl/α,β-unsaturated/α-hetero) is 1. The first-order valence-electron chi connectivity index (χ1n) is 2.57. The quantitative estimate of drug-likeness (QED) is 0.197. The molecule has 4 heteroatoms. The van der Waals surface area contributed by atoms with Gasteiger partial charge in [0.15, 0.2) is 5.78 Å². The summed E-state index contributed by atoms with van der Waals surface area (Å²) in [7, 11) is 1.13. The summed E-state index contributed by atoms with van der Waals surface area (Å²) in [5.41, 5.74) is -0.345. The van der Waals surface area contributed by atoms with Gasteiger partial charge in [-0.05, 0) is 6.92 Å². The maximum atomic E-state index is 10.5. The molecule has 0 spiro atoms. The van der Waals surface area contributed by atoms with Gasteiger partial charge in [0, 0.05) is 0 Å². The summed E-state index contributed by atoms with van der Waals surface area (Å²) in [5, 5.41) is 8.31. The van der Waals surface area contributed by atoms with E-state index in [-0.39, 0.29) is 5.57 Å². The van der Waals surface area contributed by atoms with Gasteiger partial charge in [-0.25, -0.2) is 4.79 Å². The maximum absolute atomic E-state index is 10.5. The minimum atomic E-state index is -0.824. The maximum Gasteiger partial charge on any atom is 0.344 e. The molecule has 0 bridgehead atoms. The molecule has 0 aliphatic rings. The lowest BCUT2D eigenvalue weighted by Gasteiger charge is -1.96. The van der Waals surface area contributed by atoms with Gasteiger partial charge in [-0.2, -0.15) is 0 Å². The molecule has 0 aliphatic heterocycles. The second-order valence-electron chi connectivity index (χ2n) is 1.59. The SMILES string of the molecule is COC(=O)/C(=C\O)C(C)=O. The van der Waals surface area contributed by atoms with Crippen LogP contribution in [-0.4, -0.2) is 24.0 Å². The van der Waals surface area contributed by atoms with Gasteiger partial charge in [0.05, 0.1) is 13.4 Å². The number of hydrogen-bond acceptors (Lipinski definition) is 4. The molecule has 0 saturated heterocycles. The highest BCUT2D eigenvalue weighted by Gasteiger charge is 2.13. The van der Waals surface area contributed by atoms with E-state index < -0.39 is 11.8 Å². The predicted molar refractivity (Wildman–Crippen MR) is 33.4 cm³/mol. The number of carbonyl (C=O) groups excluding carboxylic acids is 2. The van der Waals surface area contributed by atoms with Crippen LogP contribution in [0.5, 0.6) is 0 Å². The zero-order chi connectivity index (χ0) is 8.15. The highest BCUT2D eigenvalue weighted by Crippen LogP contribution is 1.96. The van der Waals surface area contributed by atoms with Crippen molar-refractivity contribution in [1.82, 2.24) is 0 Å². The number of aliphatic hydroxyl groups excluding tert-OH is 1. The lowest BCUT2D eigenvalue weighted by atomic mass is 10.2. The summed E-state index contributed by atoms with van der Waals surface area (Å²) in [6.45, 7) is 1.17. The first kappa shape index (κ1) is 8.68. The van der Waals surface area contributed by atoms with E-state index in [2.05, 4.69) is 4.74 Å². The molecule has 0 atom stereocenters. The smallest absolute Gasteiger partial charge is 0.344 e. The third kappa shape index (κ3) is 1.89. The van der Waals surface area contributed by atoms with Crippen molar-refractivity contribution in [2.45, 2.75) is 6.92 Å². The molecule has 0 fully saturated rings. The van der Waals surface area contributed by atoms with Gasteiger partial charge in [-0.1, -0.05) is 0 Å². The van der Waals surface area contributed by atoms with Crippen molar-refractivity contribution in [3.8, 4) is 0 Å². The van der Waals surface area contributed by atoms with E-state index >= 15 is 0 Å². The summed E-state index contributed by atoms with van der Waals surface area (Å²) in [4.78, 5) is 21.0. The third-order valence-corrected chi connectivity index (χ3v) is 0.914. The Morgan fingerprint density at radius 1 is 1.50 bits per heavy atom. The molecular formula is C6H8O4. The second kappa shape index (κ2) is 3.66. The molecule has 0 radical (unpaired) electrons. The predicted octanol–water partition coefficient (Wildman–Crippen LogP) is 0.190. The molecule has 10 heavy (non-hydrogen) atoms. The summed E-state index contributed by atoms with van der Waals surface area (Å²) in [6, 6.07) is 0. The number of esters is 1. The van der Waals surface area contributed by atoms with Crippen molar-refractivity contribution in [1.29, 1.82) is 0 Å². The van der Waals surface area contributed by atoms with Crippen molar-refractivity contribution >= 4 is 11.8 Å². The zero-order valence-corrected chi connectivity index (χ0v) is 5.75. The molecule has 0 heterocycles. The standard InChI is InChI=1S/C6H8O4/c1-4(8)5(3-7)6(9)10-2/h3,7H,1-2H3/b5-3-. The second-order valence-corrected chi connectivity index (χ2v) is 1.59. The Balaban J connectivity index is 4.39. The van der Waals surface area contributed by atoms with E-state index in [0.717, 1.165) is 7.11 Å². The average molecular weight is 144 g/mol. The van der Waals surface area contributed by atoms with E-state index in [1.54, 1.807) is 0 Å². The molecule has 0 aromatic rings. The van der Waals surface area contributed by atoms with Gasteiger partial charge >= 0.3 is 5.97 Å². The largest absolute Gasteiger partial charge is 0.515 e. The molecule has 0 amide bonds. The molecular weight excluding hydrogens is 136 g/mol. The fourth-order valence-corrected chi connectivity index (χ4v) is 0.397. The van der Waals surface area contributed by atoms with Crippen LogP contribution in [0.15, 0.2) is 11.8 Å². The Morgan fingerprint density at radius 3 is 2.10 bits per heavy atom. The average Bonchev–Trinajstić information content (AvgIpc) is 1.88. The molecule has 0 saturated carbocycles. The lowest BCUT2D eigenvalue weighted by Crippen LogP contribution is -2.11. The van der Waals surface area contributed by atoms with E-state index in [4.69, 9.17) is 5.11 Å². The van der Waals surface area contributed by atoms with Crippen LogP contribution >= 0.6 is 0 Å². The monoisotopic (exact) mass is 144 g/mol. The van der Waals surface area contributed by atoms with Crippen LogP contribution in [0.4, 0.5) is 0 Å². The fraction of sp³-hybridized carbons (Fsp3) is 0.333. The summed E-state index contributed by atoms with van der Waals surface area (Å²) >= 11 is 0. The topological polar surface area (TPSA) is 63.6 Å². The van der Waals surface area contributed by atoms with Crippen molar-refractivity contribution in [3.05, 3.63) is 11.8 Å². The Bertz CT molecular complexity index is 180. The Hall–Kier alpha value is -1.32. The van der Waals surface area contributed by atoms with Gasteiger partial charge in [0.1, 0.15) is 5.57 Å². The van der Waals surface area contributed by atoms with E-state index in [1.165, 1.54) is 6.92 Å². The van der Waals surface area contributed by atoms with E-state index in [9.17, 15) is 9.59 Å². The number of rotatable bonds is 2. The van der Waals surface area contributed by atoms with Crippen LogP contribution < -0.4 is 0 Å². The van der Waals surface area contributed by atoms with Crippen LogP contribution in [0.25, 0.3) is 0 Å². The zero-order valence-electron chi connectivity index (χ0n) is 5.75. The van der Waals surface area contributed by atoms with Crippen LogP contribution in [0, 0.1) is 0 Å². The molecule has 0 unspecified atom stereocenters. The van der Waals surface area contributed by atoms with Crippen molar-refractivity contribution in [3.63, 3.8) is 0 Å². The van der Waals surface area contributed by atoms with Gasteiger partial charge < -0.3 is 9.84 Å². The summed E-state index contributed by atoms with van der Waals surface area (Å²) < 4.78 is 4.18. The lowest BCUT2D eigenvalue weighted by molar-refractivity contribution is -0.137. The van der Waals surface area contributed by atoms with E-state index in [0.29, 0.717) is 6.26 Å². The molecule has 0 aromatic heterocycles. The highest BCUT2D eigenvalue weighted by molar-refractivity contribution is 6.15. The molecule has 1 N–H and O–H groups in total. The third-order valence-electron chi connectivity index (χ3n) is 0.914. The Labute approximate surface area is 58.1 Å². The number of methoxy groups -OCH3 is 1. The van der Waals surface area contributed by atoms with Crippen LogP contribution in [0.3, 0.4) is 0 Å². The number of ketones is 1. The van der Waals surface area contributed by atoms with Crippen LogP contribution in [0.2, 0.25) is 0 Å². The Morgan fingerprint density at radius 2 is 2.00 bits per heavy atom. The van der Waals surface area contributed by atoms with Crippen LogP contribution in [-0.2, 0) is 14.3 Å². The molecule has 56 valence electrons. The van der Waals surface area contributed by atoms with Gasteiger partial charge in [-0.3, -0.25) is 4.79 Å². The molecule has 0 rings (SSSR count). The number of carbonyl (C=O) groups is 2. The minimum absolute atomic E-state index is 0.345. The van der Waals surface area contributed by atoms with Gasteiger partial charge in [0.25, 0.3) is 0 Å². The fourth-order valence-electron chi connectivity index (χ4n) is 0.397. The first-order valence-corrected chi connectivity index (χ1v) is 2.57. The van der Waals surface area contributed by atoms with Crippen molar-refractivity contribution in [2.75, 3.05) is 7.11 Å².